The number of carbonyl (C=O) groups excluding carboxylic acids is 1. The molecule has 0 saturated carbocycles. The standard InChI is InChI=1S/C23H21ClF7N3O2/c1-11-6-13(4-5-16(11)20(35)33-15-9-32-10-15)12(2)34-36-21(3,23(29,30)31)17-7-14(22(26,27)28)8-18(24)19(17)25/h4-8,15,32H,9-10H2,1-3H3,(H,33,35)/b34-12+. The van der Waals surface area contributed by atoms with Crippen molar-refractivity contribution in [3.63, 3.8) is 0 Å². The van der Waals surface area contributed by atoms with Gasteiger partial charge in [0, 0.05) is 24.2 Å². The zero-order valence-corrected chi connectivity index (χ0v) is 19.9. The van der Waals surface area contributed by atoms with Crippen LogP contribution < -0.4 is 10.6 Å². The zero-order valence-electron chi connectivity index (χ0n) is 19.2. The molecule has 0 radical (unpaired) electrons. The first-order valence-electron chi connectivity index (χ1n) is 10.5. The van der Waals surface area contributed by atoms with Crippen molar-refractivity contribution in [2.24, 2.45) is 5.16 Å². The fraction of sp³-hybridized carbons (Fsp3) is 0.391. The lowest BCUT2D eigenvalue weighted by Gasteiger charge is -2.31. The van der Waals surface area contributed by atoms with Crippen LogP contribution in [0.1, 0.15) is 46.5 Å². The average Bonchev–Trinajstić information content (AvgIpc) is 2.74. The molecule has 0 aliphatic carbocycles. The monoisotopic (exact) mass is 539 g/mol. The number of carbonyl (C=O) groups is 1. The van der Waals surface area contributed by atoms with E-state index in [0.29, 0.717) is 31.1 Å². The molecule has 0 spiro atoms. The van der Waals surface area contributed by atoms with Crippen LogP contribution in [-0.4, -0.2) is 36.9 Å². The number of halogens is 8. The second-order valence-electron chi connectivity index (χ2n) is 8.47. The summed E-state index contributed by atoms with van der Waals surface area (Å²) in [7, 11) is 0. The van der Waals surface area contributed by atoms with Gasteiger partial charge in [-0.1, -0.05) is 22.8 Å². The predicted molar refractivity (Wildman–Crippen MR) is 118 cm³/mol. The summed E-state index contributed by atoms with van der Waals surface area (Å²) in [5.74, 6) is -2.04. The molecule has 0 aromatic heterocycles. The fourth-order valence-corrected chi connectivity index (χ4v) is 3.58. The van der Waals surface area contributed by atoms with Crippen LogP contribution in [0.4, 0.5) is 30.7 Å². The molecule has 1 saturated heterocycles. The van der Waals surface area contributed by atoms with Crippen molar-refractivity contribution in [1.82, 2.24) is 10.6 Å². The van der Waals surface area contributed by atoms with Crippen LogP contribution in [0.5, 0.6) is 0 Å². The highest BCUT2D eigenvalue weighted by molar-refractivity contribution is 6.30. The number of amides is 1. The molecule has 13 heteroatoms. The highest BCUT2D eigenvalue weighted by Crippen LogP contribution is 2.46. The minimum atomic E-state index is -5.38. The van der Waals surface area contributed by atoms with E-state index < -0.39 is 39.9 Å². The van der Waals surface area contributed by atoms with Gasteiger partial charge in [-0.05, 0) is 56.2 Å². The Morgan fingerprint density at radius 2 is 1.78 bits per heavy atom. The minimum absolute atomic E-state index is 0.00179. The van der Waals surface area contributed by atoms with Crippen molar-refractivity contribution in [2.75, 3.05) is 13.1 Å². The van der Waals surface area contributed by atoms with Gasteiger partial charge in [-0.15, -0.1) is 0 Å². The Hall–Kier alpha value is -2.86. The second kappa shape index (κ2) is 9.89. The smallest absolute Gasteiger partial charge is 0.375 e. The van der Waals surface area contributed by atoms with Crippen molar-refractivity contribution in [2.45, 2.75) is 44.8 Å². The molecule has 1 unspecified atom stereocenters. The van der Waals surface area contributed by atoms with Crippen LogP contribution in [0.15, 0.2) is 35.5 Å². The Morgan fingerprint density at radius 1 is 1.14 bits per heavy atom. The second-order valence-corrected chi connectivity index (χ2v) is 8.88. The first kappa shape index (κ1) is 27.7. The molecule has 1 aliphatic rings. The van der Waals surface area contributed by atoms with E-state index in [0.717, 1.165) is 0 Å². The summed E-state index contributed by atoms with van der Waals surface area (Å²) in [6.07, 6.45) is -10.5. The van der Waals surface area contributed by atoms with E-state index in [9.17, 15) is 35.5 Å². The average molecular weight is 540 g/mol. The third-order valence-corrected chi connectivity index (χ3v) is 6.06. The first-order chi connectivity index (χ1) is 16.5. The molecule has 1 fully saturated rings. The lowest BCUT2D eigenvalue weighted by Crippen LogP contribution is -2.57. The van der Waals surface area contributed by atoms with Crippen molar-refractivity contribution in [3.05, 3.63) is 69.0 Å². The lowest BCUT2D eigenvalue weighted by atomic mass is 9.92. The molecule has 36 heavy (non-hydrogen) atoms. The summed E-state index contributed by atoms with van der Waals surface area (Å²) in [6, 6.07) is 4.56. The maximum absolute atomic E-state index is 14.6. The molecule has 196 valence electrons. The number of rotatable bonds is 6. The number of alkyl halides is 6. The quantitative estimate of drug-likeness (QED) is 0.280. The van der Waals surface area contributed by atoms with Gasteiger partial charge in [0.2, 0.25) is 0 Å². The number of hydrogen-bond acceptors (Lipinski definition) is 4. The van der Waals surface area contributed by atoms with Gasteiger partial charge >= 0.3 is 12.4 Å². The van der Waals surface area contributed by atoms with Gasteiger partial charge in [-0.2, -0.15) is 26.3 Å². The van der Waals surface area contributed by atoms with Crippen LogP contribution in [-0.2, 0) is 16.6 Å². The van der Waals surface area contributed by atoms with Gasteiger partial charge in [0.15, 0.2) is 0 Å². The van der Waals surface area contributed by atoms with E-state index in [4.69, 9.17) is 16.4 Å². The summed E-state index contributed by atoms with van der Waals surface area (Å²) in [5, 5.41) is 8.13. The van der Waals surface area contributed by atoms with E-state index in [1.165, 1.54) is 25.1 Å². The maximum Gasteiger partial charge on any atom is 0.435 e. The van der Waals surface area contributed by atoms with Gasteiger partial charge in [-0.25, -0.2) is 4.39 Å². The van der Waals surface area contributed by atoms with Crippen molar-refractivity contribution in [1.29, 1.82) is 0 Å². The van der Waals surface area contributed by atoms with E-state index >= 15 is 0 Å². The van der Waals surface area contributed by atoms with Crippen molar-refractivity contribution >= 4 is 23.2 Å². The Balaban J connectivity index is 1.94. The van der Waals surface area contributed by atoms with E-state index in [1.807, 2.05) is 0 Å². The Labute approximate surface area is 206 Å². The molecule has 2 aromatic rings. The van der Waals surface area contributed by atoms with E-state index in [2.05, 4.69) is 15.8 Å². The Morgan fingerprint density at radius 3 is 2.28 bits per heavy atom. The highest BCUT2D eigenvalue weighted by atomic mass is 35.5. The summed E-state index contributed by atoms with van der Waals surface area (Å²) in [4.78, 5) is 17.1. The molecule has 2 aromatic carbocycles. The van der Waals surface area contributed by atoms with Crippen molar-refractivity contribution < 1.29 is 40.4 Å². The van der Waals surface area contributed by atoms with E-state index in [-0.39, 0.29) is 35.4 Å². The number of aryl methyl sites for hydroxylation is 1. The minimum Gasteiger partial charge on any atom is -0.375 e. The van der Waals surface area contributed by atoms with Gasteiger partial charge in [0.05, 0.1) is 22.3 Å². The molecule has 1 aliphatic heterocycles. The maximum atomic E-state index is 14.6. The molecule has 2 N–H and O–H groups in total. The van der Waals surface area contributed by atoms with E-state index in [1.54, 1.807) is 6.92 Å². The van der Waals surface area contributed by atoms with Gasteiger partial charge < -0.3 is 15.5 Å². The topological polar surface area (TPSA) is 62.7 Å². The third kappa shape index (κ3) is 5.59. The SMILES string of the molecule is C/C(=N\OC(C)(c1cc(C(F)(F)F)cc(Cl)c1F)C(F)(F)F)c1ccc(C(=O)NC2CNC2)c(C)c1. The molecule has 3 rings (SSSR count). The fourth-order valence-electron chi connectivity index (χ4n) is 3.36. The molecular weight excluding hydrogens is 519 g/mol. The van der Waals surface area contributed by atoms with Crippen molar-refractivity contribution in [3.8, 4) is 0 Å². The Kier molecular flexibility index (Phi) is 7.62. The van der Waals surface area contributed by atoms with Gasteiger partial charge in [0.1, 0.15) is 5.82 Å². The van der Waals surface area contributed by atoms with Crippen LogP contribution in [0, 0.1) is 12.7 Å². The normalized spacial score (nSPS) is 16.8. The van der Waals surface area contributed by atoms with Gasteiger partial charge in [-0.3, -0.25) is 4.79 Å². The number of nitrogens with one attached hydrogen (secondary N) is 2. The molecule has 1 heterocycles. The number of benzene rings is 2. The van der Waals surface area contributed by atoms with Crippen LogP contribution in [0.3, 0.4) is 0 Å². The molecule has 0 bridgehead atoms. The van der Waals surface area contributed by atoms with Crippen LogP contribution in [0.2, 0.25) is 5.02 Å². The first-order valence-corrected chi connectivity index (χ1v) is 10.9. The Bertz CT molecular complexity index is 1190. The number of oxime groups is 1. The summed E-state index contributed by atoms with van der Waals surface area (Å²) in [6.45, 7) is 4.54. The van der Waals surface area contributed by atoms with Gasteiger partial charge in [0.25, 0.3) is 11.5 Å². The summed E-state index contributed by atoms with van der Waals surface area (Å²) >= 11 is 5.47. The third-order valence-electron chi connectivity index (χ3n) is 5.78. The molecule has 5 nitrogen and oxygen atoms in total. The van der Waals surface area contributed by atoms with Crippen LogP contribution in [0.25, 0.3) is 0 Å². The number of hydrogen-bond donors (Lipinski definition) is 2. The molecule has 1 amide bonds. The largest absolute Gasteiger partial charge is 0.435 e. The predicted octanol–water partition coefficient (Wildman–Crippen LogP) is 5.73. The summed E-state index contributed by atoms with van der Waals surface area (Å²) in [5.41, 5.74) is -5.62. The van der Waals surface area contributed by atoms with Crippen LogP contribution >= 0.6 is 11.6 Å². The number of nitrogens with zero attached hydrogens (tertiary/aromatic N) is 1. The molecular formula is C23H21ClF7N3O2. The molecule has 1 atom stereocenters. The summed E-state index contributed by atoms with van der Waals surface area (Å²) < 4.78 is 96.0. The highest BCUT2D eigenvalue weighted by Gasteiger charge is 2.58. The zero-order chi connectivity index (χ0) is 27.1. The lowest BCUT2D eigenvalue weighted by molar-refractivity contribution is -0.279.